The van der Waals surface area contributed by atoms with Gasteiger partial charge in [-0.1, -0.05) is 42.0 Å². The molecule has 0 saturated carbocycles. The number of nitrogens with one attached hydrogen (secondary N) is 1. The highest BCUT2D eigenvalue weighted by molar-refractivity contribution is 7.17. The largest absolute Gasteiger partial charge is 0.306 e. The number of nitrogens with zero attached hydrogens (tertiary/aromatic N) is 1. The number of fused-ring (bicyclic) bond motifs is 1. The molecule has 0 unspecified atom stereocenters. The molecule has 0 saturated heterocycles. The molecule has 0 fully saturated rings. The average molecular weight is 336 g/mol. The summed E-state index contributed by atoms with van der Waals surface area (Å²) in [6.07, 6.45) is 0. The number of aromatic nitrogens is 2. The highest BCUT2D eigenvalue weighted by atomic mass is 32.1. The monoisotopic (exact) mass is 336 g/mol. The molecule has 1 N–H and O–H groups in total. The van der Waals surface area contributed by atoms with Crippen LogP contribution in [0.4, 0.5) is 4.39 Å². The van der Waals surface area contributed by atoms with Crippen LogP contribution in [0, 0.1) is 12.7 Å². The van der Waals surface area contributed by atoms with Crippen LogP contribution < -0.4 is 5.56 Å². The molecule has 2 heterocycles. The van der Waals surface area contributed by atoms with Gasteiger partial charge >= 0.3 is 0 Å². The second kappa shape index (κ2) is 5.69. The van der Waals surface area contributed by atoms with Crippen LogP contribution in [0.1, 0.15) is 5.56 Å². The lowest BCUT2D eigenvalue weighted by Crippen LogP contribution is -2.09. The van der Waals surface area contributed by atoms with Gasteiger partial charge in [0.2, 0.25) is 0 Å². The van der Waals surface area contributed by atoms with Crippen molar-refractivity contribution in [1.82, 2.24) is 9.97 Å². The standard InChI is InChI=1S/C19H13FN2OS/c1-11-2-4-13(5-3-11)17-21-18(23)16-15(10-24-19(16)22-17)12-6-8-14(20)9-7-12/h2-10H,1H3,(H,21,22,23). The molecule has 0 radical (unpaired) electrons. The van der Waals surface area contributed by atoms with E-state index in [1.807, 2.05) is 36.6 Å². The molecule has 0 bridgehead atoms. The van der Waals surface area contributed by atoms with E-state index >= 15 is 0 Å². The zero-order chi connectivity index (χ0) is 16.7. The molecule has 2 aromatic carbocycles. The third kappa shape index (κ3) is 2.53. The number of benzene rings is 2. The summed E-state index contributed by atoms with van der Waals surface area (Å²) in [5.41, 5.74) is 3.42. The third-order valence-electron chi connectivity index (χ3n) is 3.92. The summed E-state index contributed by atoms with van der Waals surface area (Å²) in [6, 6.07) is 14.0. The summed E-state index contributed by atoms with van der Waals surface area (Å²) in [5, 5.41) is 2.43. The Morgan fingerprint density at radius 1 is 1.00 bits per heavy atom. The van der Waals surface area contributed by atoms with E-state index in [2.05, 4.69) is 9.97 Å². The summed E-state index contributed by atoms with van der Waals surface area (Å²) in [7, 11) is 0. The number of thiophene rings is 1. The van der Waals surface area contributed by atoms with E-state index in [9.17, 15) is 9.18 Å². The van der Waals surface area contributed by atoms with Gasteiger partial charge in [0.1, 0.15) is 16.5 Å². The van der Waals surface area contributed by atoms with Crippen LogP contribution in [0.15, 0.2) is 58.7 Å². The van der Waals surface area contributed by atoms with E-state index in [-0.39, 0.29) is 11.4 Å². The lowest BCUT2D eigenvalue weighted by molar-refractivity contribution is 0.628. The molecule has 0 aliphatic carbocycles. The topological polar surface area (TPSA) is 45.8 Å². The van der Waals surface area contributed by atoms with E-state index < -0.39 is 0 Å². The smallest absolute Gasteiger partial charge is 0.260 e. The lowest BCUT2D eigenvalue weighted by Gasteiger charge is -2.03. The zero-order valence-electron chi connectivity index (χ0n) is 12.8. The molecule has 3 nitrogen and oxygen atoms in total. The average Bonchev–Trinajstić information content (AvgIpc) is 3.01. The van der Waals surface area contributed by atoms with E-state index in [0.29, 0.717) is 16.0 Å². The predicted molar refractivity (Wildman–Crippen MR) is 95.8 cm³/mol. The first-order chi connectivity index (χ1) is 11.6. The fourth-order valence-corrected chi connectivity index (χ4v) is 3.59. The Bertz CT molecular complexity index is 1080. The van der Waals surface area contributed by atoms with Gasteiger partial charge in [-0.2, -0.15) is 0 Å². The maximum absolute atomic E-state index is 13.1. The number of rotatable bonds is 2. The van der Waals surface area contributed by atoms with Gasteiger partial charge in [0.05, 0.1) is 5.39 Å². The van der Waals surface area contributed by atoms with E-state index in [1.54, 1.807) is 12.1 Å². The van der Waals surface area contributed by atoms with Crippen molar-refractivity contribution in [3.8, 4) is 22.5 Å². The minimum absolute atomic E-state index is 0.184. The Labute approximate surface area is 141 Å². The van der Waals surface area contributed by atoms with Gasteiger partial charge in [-0.15, -0.1) is 11.3 Å². The minimum Gasteiger partial charge on any atom is -0.306 e. The molecular formula is C19H13FN2OS. The Balaban J connectivity index is 1.88. The van der Waals surface area contributed by atoms with Gasteiger partial charge in [0.15, 0.2) is 0 Å². The Morgan fingerprint density at radius 2 is 1.67 bits per heavy atom. The molecule has 0 atom stereocenters. The van der Waals surface area contributed by atoms with Crippen LogP contribution in [0.5, 0.6) is 0 Å². The first kappa shape index (κ1) is 14.8. The van der Waals surface area contributed by atoms with Crippen molar-refractivity contribution in [1.29, 1.82) is 0 Å². The summed E-state index contributed by atoms with van der Waals surface area (Å²) in [4.78, 5) is 20.7. The van der Waals surface area contributed by atoms with Crippen LogP contribution in [0.3, 0.4) is 0 Å². The number of halogens is 1. The van der Waals surface area contributed by atoms with Gasteiger partial charge in [-0.25, -0.2) is 9.37 Å². The van der Waals surface area contributed by atoms with Gasteiger partial charge in [-0.3, -0.25) is 4.79 Å². The van der Waals surface area contributed by atoms with E-state index in [4.69, 9.17) is 0 Å². The van der Waals surface area contributed by atoms with Crippen molar-refractivity contribution in [3.05, 3.63) is 75.6 Å². The molecular weight excluding hydrogens is 323 g/mol. The van der Waals surface area contributed by atoms with Crippen molar-refractivity contribution in [2.24, 2.45) is 0 Å². The van der Waals surface area contributed by atoms with Crippen LogP contribution in [-0.2, 0) is 0 Å². The summed E-state index contributed by atoms with van der Waals surface area (Å²) >= 11 is 1.41. The zero-order valence-corrected chi connectivity index (χ0v) is 13.7. The Hall–Kier alpha value is -2.79. The fourth-order valence-electron chi connectivity index (χ4n) is 2.64. The van der Waals surface area contributed by atoms with Gasteiger partial charge in [0.25, 0.3) is 5.56 Å². The third-order valence-corrected chi connectivity index (χ3v) is 4.80. The van der Waals surface area contributed by atoms with Crippen molar-refractivity contribution in [3.63, 3.8) is 0 Å². The maximum atomic E-state index is 13.1. The molecule has 24 heavy (non-hydrogen) atoms. The predicted octanol–water partition coefficient (Wildman–Crippen LogP) is 4.77. The number of aryl methyl sites for hydroxylation is 1. The normalized spacial score (nSPS) is 11.1. The molecule has 2 aromatic heterocycles. The SMILES string of the molecule is Cc1ccc(-c2nc3scc(-c4ccc(F)cc4)c3c(=O)[nH]2)cc1. The fraction of sp³-hybridized carbons (Fsp3) is 0.0526. The van der Waals surface area contributed by atoms with Crippen molar-refractivity contribution in [2.45, 2.75) is 6.92 Å². The van der Waals surface area contributed by atoms with Gasteiger partial charge in [0, 0.05) is 16.5 Å². The minimum atomic E-state index is -0.299. The maximum Gasteiger partial charge on any atom is 0.260 e. The summed E-state index contributed by atoms with van der Waals surface area (Å²) < 4.78 is 13.1. The highest BCUT2D eigenvalue weighted by Gasteiger charge is 2.13. The van der Waals surface area contributed by atoms with Gasteiger partial charge in [-0.05, 0) is 24.6 Å². The lowest BCUT2D eigenvalue weighted by atomic mass is 10.1. The molecule has 5 heteroatoms. The molecule has 0 aliphatic rings. The number of hydrogen-bond donors (Lipinski definition) is 1. The summed E-state index contributed by atoms with van der Waals surface area (Å²) in [5.74, 6) is 0.256. The number of aromatic amines is 1. The van der Waals surface area contributed by atoms with Crippen LogP contribution in [0.2, 0.25) is 0 Å². The molecule has 4 rings (SSSR count). The quantitative estimate of drug-likeness (QED) is 0.573. The molecule has 0 aliphatic heterocycles. The van der Waals surface area contributed by atoms with E-state index in [0.717, 1.165) is 22.3 Å². The van der Waals surface area contributed by atoms with Crippen LogP contribution in [0.25, 0.3) is 32.7 Å². The second-order valence-electron chi connectivity index (χ2n) is 5.62. The Kier molecular flexibility index (Phi) is 3.50. The van der Waals surface area contributed by atoms with Crippen molar-refractivity contribution < 1.29 is 4.39 Å². The molecule has 0 spiro atoms. The number of H-pyrrole nitrogens is 1. The number of hydrogen-bond acceptors (Lipinski definition) is 3. The molecule has 118 valence electrons. The first-order valence-corrected chi connectivity index (χ1v) is 8.34. The van der Waals surface area contributed by atoms with Crippen LogP contribution in [-0.4, -0.2) is 9.97 Å². The Morgan fingerprint density at radius 3 is 2.38 bits per heavy atom. The van der Waals surface area contributed by atoms with E-state index in [1.165, 1.54) is 23.5 Å². The van der Waals surface area contributed by atoms with Crippen LogP contribution >= 0.6 is 11.3 Å². The first-order valence-electron chi connectivity index (χ1n) is 7.46. The summed E-state index contributed by atoms with van der Waals surface area (Å²) in [6.45, 7) is 2.01. The highest BCUT2D eigenvalue weighted by Crippen LogP contribution is 2.31. The van der Waals surface area contributed by atoms with Crippen molar-refractivity contribution in [2.75, 3.05) is 0 Å². The van der Waals surface area contributed by atoms with Crippen molar-refractivity contribution >= 4 is 21.6 Å². The second-order valence-corrected chi connectivity index (χ2v) is 6.48. The van der Waals surface area contributed by atoms with Gasteiger partial charge < -0.3 is 4.98 Å². The molecule has 0 amide bonds. The molecule has 4 aromatic rings.